The third-order valence-electron chi connectivity index (χ3n) is 3.98. The van der Waals surface area contributed by atoms with Crippen LogP contribution in [0.1, 0.15) is 23.7 Å². The Hall–Kier alpha value is -2.23. The predicted octanol–water partition coefficient (Wildman–Crippen LogP) is 2.54. The zero-order valence-electron chi connectivity index (χ0n) is 12.3. The quantitative estimate of drug-likeness (QED) is 0.937. The number of hydrogen-bond acceptors (Lipinski definition) is 2. The van der Waals surface area contributed by atoms with Gasteiger partial charge < -0.3 is 14.6 Å². The first kappa shape index (κ1) is 13.7. The van der Waals surface area contributed by atoms with Crippen molar-refractivity contribution >= 4 is 5.91 Å². The molecule has 0 saturated heterocycles. The number of aryl methyl sites for hydroxylation is 1. The van der Waals surface area contributed by atoms with Gasteiger partial charge in [-0.1, -0.05) is 25.1 Å². The molecule has 21 heavy (non-hydrogen) atoms. The summed E-state index contributed by atoms with van der Waals surface area (Å²) in [5.41, 5.74) is 3.59. The van der Waals surface area contributed by atoms with Crippen LogP contribution in [0.5, 0.6) is 5.75 Å². The maximum atomic E-state index is 12.3. The lowest BCUT2D eigenvalue weighted by Gasteiger charge is -2.27. The molecule has 1 aliphatic rings. The molecule has 3 rings (SSSR count). The zero-order valence-corrected chi connectivity index (χ0v) is 12.3. The lowest BCUT2D eigenvalue weighted by atomic mass is 10.1. The topological polar surface area (TPSA) is 45.3 Å². The number of nitrogens with one attached hydrogen (secondary N) is 1. The lowest BCUT2D eigenvalue weighted by molar-refractivity contribution is -0.134. The Morgan fingerprint density at radius 1 is 1.33 bits per heavy atom. The second kappa shape index (κ2) is 6.04. The van der Waals surface area contributed by atoms with E-state index in [0.29, 0.717) is 6.54 Å². The molecular formula is C17H20N2O2. The average molecular weight is 284 g/mol. The highest BCUT2D eigenvalue weighted by molar-refractivity contribution is 5.78. The van der Waals surface area contributed by atoms with Crippen LogP contribution < -0.4 is 4.74 Å². The van der Waals surface area contributed by atoms with Crippen LogP contribution in [0.2, 0.25) is 0 Å². The molecule has 4 heteroatoms. The normalized spacial score (nSPS) is 13.9. The van der Waals surface area contributed by atoms with Crippen molar-refractivity contribution in [2.45, 2.75) is 26.3 Å². The van der Waals surface area contributed by atoms with Crippen molar-refractivity contribution in [2.24, 2.45) is 0 Å². The standard InChI is InChI=1S/C17H20N2O2/c1-2-13-5-3-4-6-16(13)21-12-17(20)19-10-8-15-14(11-19)7-9-18-15/h3-7,9,18H,2,8,10-12H2,1H3. The van der Waals surface area contributed by atoms with E-state index in [9.17, 15) is 4.79 Å². The van der Waals surface area contributed by atoms with Gasteiger partial charge in [0.1, 0.15) is 5.75 Å². The van der Waals surface area contributed by atoms with Gasteiger partial charge in [0.25, 0.3) is 5.91 Å². The highest BCUT2D eigenvalue weighted by atomic mass is 16.5. The van der Waals surface area contributed by atoms with E-state index in [1.165, 1.54) is 11.3 Å². The smallest absolute Gasteiger partial charge is 0.260 e. The summed E-state index contributed by atoms with van der Waals surface area (Å²) in [5, 5.41) is 0. The minimum Gasteiger partial charge on any atom is -0.483 e. The van der Waals surface area contributed by atoms with E-state index in [4.69, 9.17) is 4.74 Å². The maximum absolute atomic E-state index is 12.3. The average Bonchev–Trinajstić information content (AvgIpc) is 3.00. The third kappa shape index (κ3) is 2.94. The van der Waals surface area contributed by atoms with E-state index in [-0.39, 0.29) is 12.5 Å². The SMILES string of the molecule is CCc1ccccc1OCC(=O)N1CCc2[nH]ccc2C1. The second-order valence-electron chi connectivity index (χ2n) is 5.30. The Labute approximate surface area is 124 Å². The van der Waals surface area contributed by atoms with Crippen LogP contribution in [-0.4, -0.2) is 28.9 Å². The maximum Gasteiger partial charge on any atom is 0.260 e. The van der Waals surface area contributed by atoms with Crippen LogP contribution in [0.4, 0.5) is 0 Å². The number of amides is 1. The highest BCUT2D eigenvalue weighted by Gasteiger charge is 2.21. The predicted molar refractivity (Wildman–Crippen MR) is 81.2 cm³/mol. The van der Waals surface area contributed by atoms with E-state index in [1.807, 2.05) is 41.4 Å². The number of ether oxygens (including phenoxy) is 1. The molecule has 0 saturated carbocycles. The summed E-state index contributed by atoms with van der Waals surface area (Å²) in [4.78, 5) is 17.4. The minimum atomic E-state index is 0.0488. The molecule has 1 aromatic heterocycles. The van der Waals surface area contributed by atoms with Crippen molar-refractivity contribution in [1.29, 1.82) is 0 Å². The van der Waals surface area contributed by atoms with Crippen LogP contribution >= 0.6 is 0 Å². The number of H-pyrrole nitrogens is 1. The van der Waals surface area contributed by atoms with Crippen LogP contribution in [0.3, 0.4) is 0 Å². The molecular weight excluding hydrogens is 264 g/mol. The molecule has 0 atom stereocenters. The Bertz CT molecular complexity index is 633. The van der Waals surface area contributed by atoms with Crippen molar-refractivity contribution in [3.63, 3.8) is 0 Å². The molecule has 0 fully saturated rings. The molecule has 0 radical (unpaired) electrons. The fourth-order valence-electron chi connectivity index (χ4n) is 2.73. The van der Waals surface area contributed by atoms with E-state index in [1.54, 1.807) is 0 Å². The fourth-order valence-corrected chi connectivity index (χ4v) is 2.73. The van der Waals surface area contributed by atoms with Gasteiger partial charge in [0.2, 0.25) is 0 Å². The summed E-state index contributed by atoms with van der Waals surface area (Å²) in [6.07, 6.45) is 3.73. The van der Waals surface area contributed by atoms with Gasteiger partial charge in [-0.2, -0.15) is 0 Å². The summed E-state index contributed by atoms with van der Waals surface area (Å²) in [7, 11) is 0. The first-order chi connectivity index (χ1) is 10.3. The summed E-state index contributed by atoms with van der Waals surface area (Å²) in [6, 6.07) is 9.93. The third-order valence-corrected chi connectivity index (χ3v) is 3.98. The molecule has 0 aliphatic carbocycles. The van der Waals surface area contributed by atoms with Gasteiger partial charge in [0, 0.05) is 31.4 Å². The van der Waals surface area contributed by atoms with Gasteiger partial charge in [-0.3, -0.25) is 4.79 Å². The highest BCUT2D eigenvalue weighted by Crippen LogP contribution is 2.20. The first-order valence-corrected chi connectivity index (χ1v) is 7.41. The minimum absolute atomic E-state index is 0.0488. The summed E-state index contributed by atoms with van der Waals surface area (Å²) in [5.74, 6) is 0.862. The fraction of sp³-hybridized carbons (Fsp3) is 0.353. The number of benzene rings is 1. The number of nitrogens with zero attached hydrogens (tertiary/aromatic N) is 1. The number of rotatable bonds is 4. The number of fused-ring (bicyclic) bond motifs is 1. The Morgan fingerprint density at radius 3 is 3.05 bits per heavy atom. The number of aromatic amines is 1. The van der Waals surface area contributed by atoms with Gasteiger partial charge in [-0.25, -0.2) is 0 Å². The second-order valence-corrected chi connectivity index (χ2v) is 5.30. The van der Waals surface area contributed by atoms with Crippen LogP contribution in [0.25, 0.3) is 0 Å². The number of para-hydroxylation sites is 1. The zero-order chi connectivity index (χ0) is 14.7. The van der Waals surface area contributed by atoms with Gasteiger partial charge in [0.15, 0.2) is 6.61 Å². The Kier molecular flexibility index (Phi) is 3.95. The van der Waals surface area contributed by atoms with Crippen LogP contribution in [0, 0.1) is 0 Å². The van der Waals surface area contributed by atoms with Crippen LogP contribution in [0.15, 0.2) is 36.5 Å². The van der Waals surface area contributed by atoms with Crippen molar-refractivity contribution in [1.82, 2.24) is 9.88 Å². The number of carbonyl (C=O) groups excluding carboxylic acids is 1. The van der Waals surface area contributed by atoms with Crippen molar-refractivity contribution in [2.75, 3.05) is 13.2 Å². The number of aromatic nitrogens is 1. The molecule has 0 bridgehead atoms. The summed E-state index contributed by atoms with van der Waals surface area (Å²) in [6.45, 7) is 3.63. The van der Waals surface area contributed by atoms with Gasteiger partial charge in [-0.05, 0) is 29.7 Å². The van der Waals surface area contributed by atoms with E-state index in [0.717, 1.165) is 30.7 Å². The van der Waals surface area contributed by atoms with E-state index in [2.05, 4.69) is 11.9 Å². The van der Waals surface area contributed by atoms with Crippen molar-refractivity contribution in [3.05, 3.63) is 53.3 Å². The monoisotopic (exact) mass is 284 g/mol. The van der Waals surface area contributed by atoms with Crippen LogP contribution in [-0.2, 0) is 24.2 Å². The van der Waals surface area contributed by atoms with Gasteiger partial charge in [-0.15, -0.1) is 0 Å². The molecule has 0 unspecified atom stereocenters. The molecule has 0 spiro atoms. The molecule has 2 aromatic rings. The molecule has 110 valence electrons. The molecule has 1 aliphatic heterocycles. The van der Waals surface area contributed by atoms with E-state index < -0.39 is 0 Å². The summed E-state index contributed by atoms with van der Waals surface area (Å²) < 4.78 is 5.71. The summed E-state index contributed by atoms with van der Waals surface area (Å²) >= 11 is 0. The molecule has 2 heterocycles. The first-order valence-electron chi connectivity index (χ1n) is 7.41. The Balaban J connectivity index is 1.60. The van der Waals surface area contributed by atoms with Gasteiger partial charge in [0.05, 0.1) is 0 Å². The van der Waals surface area contributed by atoms with E-state index >= 15 is 0 Å². The lowest BCUT2D eigenvalue weighted by Crippen LogP contribution is -2.38. The number of hydrogen-bond donors (Lipinski definition) is 1. The number of carbonyl (C=O) groups is 1. The molecule has 4 nitrogen and oxygen atoms in total. The Morgan fingerprint density at radius 2 is 2.19 bits per heavy atom. The molecule has 1 N–H and O–H groups in total. The van der Waals surface area contributed by atoms with Crippen molar-refractivity contribution in [3.8, 4) is 5.75 Å². The van der Waals surface area contributed by atoms with Gasteiger partial charge >= 0.3 is 0 Å². The molecule has 1 amide bonds. The molecule has 1 aromatic carbocycles. The largest absolute Gasteiger partial charge is 0.483 e. The van der Waals surface area contributed by atoms with Crippen molar-refractivity contribution < 1.29 is 9.53 Å².